The number of nitrogens with zero attached hydrogens (tertiary/aromatic N) is 1. The van der Waals surface area contributed by atoms with Crippen molar-refractivity contribution in [1.82, 2.24) is 4.90 Å². The van der Waals surface area contributed by atoms with Crippen LogP contribution in [-0.2, 0) is 0 Å². The van der Waals surface area contributed by atoms with E-state index in [0.29, 0.717) is 0 Å². The molecule has 0 aliphatic carbocycles. The number of rotatable bonds is 2. The zero-order chi connectivity index (χ0) is 8.97. The van der Waals surface area contributed by atoms with Crippen molar-refractivity contribution in [1.29, 1.82) is 0 Å². The summed E-state index contributed by atoms with van der Waals surface area (Å²) < 4.78 is 0. The summed E-state index contributed by atoms with van der Waals surface area (Å²) >= 11 is 9.23. The number of piperidine rings is 1. The average Bonchev–Trinajstić information content (AvgIpc) is 2.09. The average molecular weight is 253 g/mol. The van der Waals surface area contributed by atoms with E-state index in [4.69, 9.17) is 11.6 Å². The van der Waals surface area contributed by atoms with Crippen LogP contribution >= 0.6 is 27.5 Å². The van der Waals surface area contributed by atoms with E-state index < -0.39 is 0 Å². The van der Waals surface area contributed by atoms with Crippen molar-refractivity contribution in [2.45, 2.75) is 24.6 Å². The minimum absolute atomic E-state index is 0.731. The SMILES string of the molecule is CC(=CCl)CN1CCC(Br)CC1. The maximum Gasteiger partial charge on any atom is 0.0201 e. The van der Waals surface area contributed by atoms with Gasteiger partial charge in [0.05, 0.1) is 0 Å². The van der Waals surface area contributed by atoms with Gasteiger partial charge in [0, 0.05) is 16.9 Å². The second kappa shape index (κ2) is 5.25. The fraction of sp³-hybridized carbons (Fsp3) is 0.778. The van der Waals surface area contributed by atoms with Gasteiger partial charge in [-0.05, 0) is 38.4 Å². The van der Waals surface area contributed by atoms with E-state index in [2.05, 4.69) is 27.8 Å². The van der Waals surface area contributed by atoms with Crippen LogP contribution in [0, 0.1) is 0 Å². The van der Waals surface area contributed by atoms with Crippen LogP contribution in [0.3, 0.4) is 0 Å². The molecule has 1 nitrogen and oxygen atoms in total. The number of likely N-dealkylation sites (tertiary alicyclic amines) is 1. The first-order valence-corrected chi connectivity index (χ1v) is 5.70. The Morgan fingerprint density at radius 1 is 1.58 bits per heavy atom. The molecule has 0 bridgehead atoms. The lowest BCUT2D eigenvalue weighted by molar-refractivity contribution is 0.252. The van der Waals surface area contributed by atoms with Crippen molar-refractivity contribution >= 4 is 27.5 Å². The van der Waals surface area contributed by atoms with Crippen LogP contribution in [0.5, 0.6) is 0 Å². The molecule has 0 unspecified atom stereocenters. The van der Waals surface area contributed by atoms with E-state index in [0.717, 1.165) is 11.4 Å². The van der Waals surface area contributed by atoms with E-state index in [-0.39, 0.29) is 0 Å². The van der Waals surface area contributed by atoms with E-state index in [9.17, 15) is 0 Å². The first-order chi connectivity index (χ1) is 5.72. The standard InChI is InChI=1S/C9H15BrClN/c1-8(6-11)7-12-4-2-9(10)3-5-12/h6,9H,2-5,7H2,1H3. The maximum atomic E-state index is 5.60. The van der Waals surface area contributed by atoms with Gasteiger partial charge in [-0.2, -0.15) is 0 Å². The van der Waals surface area contributed by atoms with Crippen molar-refractivity contribution in [3.8, 4) is 0 Å². The molecule has 12 heavy (non-hydrogen) atoms. The third-order valence-corrected chi connectivity index (χ3v) is 3.46. The summed E-state index contributed by atoms with van der Waals surface area (Å²) in [5.74, 6) is 0. The minimum Gasteiger partial charge on any atom is -0.299 e. The normalized spacial score (nSPS) is 23.1. The highest BCUT2D eigenvalue weighted by molar-refractivity contribution is 9.09. The summed E-state index contributed by atoms with van der Waals surface area (Å²) in [5, 5.41) is 0. The molecule has 1 heterocycles. The summed E-state index contributed by atoms with van der Waals surface area (Å²) in [5.41, 5.74) is 2.94. The van der Waals surface area contributed by atoms with Gasteiger partial charge in [-0.15, -0.1) is 0 Å². The second-order valence-corrected chi connectivity index (χ2v) is 4.92. The van der Waals surface area contributed by atoms with Gasteiger partial charge >= 0.3 is 0 Å². The zero-order valence-corrected chi connectivity index (χ0v) is 9.74. The van der Waals surface area contributed by atoms with E-state index in [1.165, 1.54) is 31.5 Å². The molecule has 70 valence electrons. The van der Waals surface area contributed by atoms with Gasteiger partial charge in [0.15, 0.2) is 0 Å². The van der Waals surface area contributed by atoms with Crippen LogP contribution in [0.1, 0.15) is 19.8 Å². The lowest BCUT2D eigenvalue weighted by Crippen LogP contribution is -2.34. The fourth-order valence-corrected chi connectivity index (χ4v) is 1.93. The quantitative estimate of drug-likeness (QED) is 0.683. The Kier molecular flexibility index (Phi) is 4.62. The van der Waals surface area contributed by atoms with Gasteiger partial charge in [0.25, 0.3) is 0 Å². The molecule has 0 saturated carbocycles. The molecule has 0 atom stereocenters. The molecule has 0 aromatic heterocycles. The van der Waals surface area contributed by atoms with Gasteiger partial charge in [-0.3, -0.25) is 4.90 Å². The topological polar surface area (TPSA) is 3.24 Å². The van der Waals surface area contributed by atoms with Crippen LogP contribution in [0.2, 0.25) is 0 Å². The van der Waals surface area contributed by atoms with Crippen molar-refractivity contribution in [2.75, 3.05) is 19.6 Å². The lowest BCUT2D eigenvalue weighted by atomic mass is 10.1. The monoisotopic (exact) mass is 251 g/mol. The summed E-state index contributed by atoms with van der Waals surface area (Å²) in [6.45, 7) is 5.49. The number of hydrogen-bond acceptors (Lipinski definition) is 1. The third-order valence-electron chi connectivity index (χ3n) is 2.18. The molecule has 0 radical (unpaired) electrons. The Balaban J connectivity index is 2.26. The molecule has 1 aliphatic rings. The second-order valence-electron chi connectivity index (χ2n) is 3.41. The Morgan fingerprint density at radius 3 is 2.67 bits per heavy atom. The van der Waals surface area contributed by atoms with Crippen LogP contribution in [-0.4, -0.2) is 29.4 Å². The summed E-state index contributed by atoms with van der Waals surface area (Å²) in [7, 11) is 0. The van der Waals surface area contributed by atoms with Crippen molar-refractivity contribution in [3.05, 3.63) is 11.1 Å². The summed E-state index contributed by atoms with van der Waals surface area (Å²) in [4.78, 5) is 3.18. The number of hydrogen-bond donors (Lipinski definition) is 0. The number of halogens is 2. The molecule has 0 amide bonds. The molecule has 1 aliphatic heterocycles. The van der Waals surface area contributed by atoms with Crippen LogP contribution in [0.15, 0.2) is 11.1 Å². The molecule has 0 spiro atoms. The Bertz CT molecular complexity index is 162. The zero-order valence-electron chi connectivity index (χ0n) is 7.39. The Morgan fingerprint density at radius 2 is 2.17 bits per heavy atom. The third kappa shape index (κ3) is 3.46. The van der Waals surface area contributed by atoms with Crippen LogP contribution < -0.4 is 0 Å². The van der Waals surface area contributed by atoms with Gasteiger partial charge in [-0.25, -0.2) is 0 Å². The fourth-order valence-electron chi connectivity index (χ4n) is 1.45. The van der Waals surface area contributed by atoms with Crippen molar-refractivity contribution < 1.29 is 0 Å². The highest BCUT2D eigenvalue weighted by atomic mass is 79.9. The summed E-state index contributed by atoms with van der Waals surface area (Å²) in [6, 6.07) is 0. The van der Waals surface area contributed by atoms with Gasteiger partial charge in [0.2, 0.25) is 0 Å². The van der Waals surface area contributed by atoms with Crippen LogP contribution in [0.4, 0.5) is 0 Å². The molecule has 3 heteroatoms. The molecule has 1 saturated heterocycles. The van der Waals surface area contributed by atoms with E-state index in [1.807, 2.05) is 0 Å². The van der Waals surface area contributed by atoms with Gasteiger partial charge < -0.3 is 0 Å². The van der Waals surface area contributed by atoms with Crippen molar-refractivity contribution in [2.24, 2.45) is 0 Å². The predicted molar refractivity (Wildman–Crippen MR) is 58.0 cm³/mol. The van der Waals surface area contributed by atoms with Crippen molar-refractivity contribution in [3.63, 3.8) is 0 Å². The van der Waals surface area contributed by atoms with Gasteiger partial charge in [0.1, 0.15) is 0 Å². The molecule has 0 N–H and O–H groups in total. The predicted octanol–water partition coefficient (Wildman–Crippen LogP) is 2.99. The highest BCUT2D eigenvalue weighted by Crippen LogP contribution is 2.17. The molecule has 1 fully saturated rings. The molecule has 0 aromatic carbocycles. The Hall–Kier alpha value is 0.470. The first-order valence-electron chi connectivity index (χ1n) is 4.34. The Labute approximate surface area is 87.9 Å². The van der Waals surface area contributed by atoms with Gasteiger partial charge in [-0.1, -0.05) is 27.5 Å². The molecular weight excluding hydrogens is 237 g/mol. The minimum atomic E-state index is 0.731. The maximum absolute atomic E-state index is 5.60. The van der Waals surface area contributed by atoms with E-state index in [1.54, 1.807) is 5.54 Å². The lowest BCUT2D eigenvalue weighted by Gasteiger charge is -2.29. The highest BCUT2D eigenvalue weighted by Gasteiger charge is 2.16. The first kappa shape index (κ1) is 10.6. The molecule has 1 rings (SSSR count). The molecular formula is C9H15BrClN. The number of alkyl halides is 1. The summed E-state index contributed by atoms with van der Waals surface area (Å²) in [6.07, 6.45) is 2.52. The molecule has 0 aromatic rings. The van der Waals surface area contributed by atoms with Crippen LogP contribution in [0.25, 0.3) is 0 Å². The largest absolute Gasteiger partial charge is 0.299 e. The smallest absolute Gasteiger partial charge is 0.0201 e. The van der Waals surface area contributed by atoms with E-state index >= 15 is 0 Å².